The van der Waals surface area contributed by atoms with Crippen LogP contribution in [0.2, 0.25) is 0 Å². The van der Waals surface area contributed by atoms with Crippen LogP contribution in [-0.2, 0) is 18.4 Å². The van der Waals surface area contributed by atoms with Crippen LogP contribution in [0.5, 0.6) is 11.6 Å². The highest BCUT2D eigenvalue weighted by molar-refractivity contribution is 8.01. The highest BCUT2D eigenvalue weighted by Gasteiger charge is 2.28. The van der Waals surface area contributed by atoms with E-state index in [0.29, 0.717) is 31.7 Å². The van der Waals surface area contributed by atoms with E-state index in [0.717, 1.165) is 35.1 Å². The van der Waals surface area contributed by atoms with Crippen LogP contribution in [0.3, 0.4) is 0 Å². The molecule has 0 spiro atoms. The van der Waals surface area contributed by atoms with Gasteiger partial charge in [0.25, 0.3) is 5.88 Å². The third-order valence-electron chi connectivity index (χ3n) is 5.42. The molecule has 0 aliphatic rings. The van der Waals surface area contributed by atoms with Crippen LogP contribution in [0, 0.1) is 0 Å². The second-order valence-corrected chi connectivity index (χ2v) is 10.6. The maximum Gasteiger partial charge on any atom is 0.347 e. The third-order valence-corrected chi connectivity index (χ3v) is 6.59. The van der Waals surface area contributed by atoms with Gasteiger partial charge in [-0.15, -0.1) is 16.9 Å². The molecule has 2 rings (SSSR count). The summed E-state index contributed by atoms with van der Waals surface area (Å²) in [6, 6.07) is 7.34. The lowest BCUT2D eigenvalue weighted by molar-refractivity contribution is -0.138. The maximum atomic E-state index is 12.3. The summed E-state index contributed by atoms with van der Waals surface area (Å²) in [5, 5.41) is 13.4. The zero-order valence-electron chi connectivity index (χ0n) is 21.1. The van der Waals surface area contributed by atoms with E-state index in [1.807, 2.05) is 24.3 Å². The van der Waals surface area contributed by atoms with Crippen molar-refractivity contribution in [1.29, 1.82) is 0 Å². The standard InChI is InChI=1S/C25H37N3O6S/c1-5-6-7-8-9-15-28-24(32)27(4)22(29)21(26-28)34-17-11-10-16-33-19-13-12-14-20(18-19)35-25(2,3)23(30)31/h12-14,18H,5-11,15-17H2,1-4H3,(H,30,31). The van der Waals surface area contributed by atoms with Crippen molar-refractivity contribution in [3.8, 4) is 11.6 Å². The molecule has 0 unspecified atom stereocenters. The van der Waals surface area contributed by atoms with Gasteiger partial charge in [-0.1, -0.05) is 38.7 Å². The molecule has 1 aromatic heterocycles. The Morgan fingerprint density at radius 1 is 1.06 bits per heavy atom. The molecular weight excluding hydrogens is 470 g/mol. The number of thioether (sulfide) groups is 1. The first kappa shape index (κ1) is 28.5. The Morgan fingerprint density at radius 2 is 1.74 bits per heavy atom. The minimum Gasteiger partial charge on any atom is -0.494 e. The van der Waals surface area contributed by atoms with Gasteiger partial charge in [0.1, 0.15) is 10.5 Å². The van der Waals surface area contributed by atoms with Crippen LogP contribution in [0.1, 0.15) is 65.7 Å². The highest BCUT2D eigenvalue weighted by Crippen LogP contribution is 2.34. The minimum atomic E-state index is -0.932. The minimum absolute atomic E-state index is 0.0626. The smallest absolute Gasteiger partial charge is 0.347 e. The molecule has 0 saturated heterocycles. The summed E-state index contributed by atoms with van der Waals surface area (Å²) in [6.45, 7) is 6.66. The van der Waals surface area contributed by atoms with Crippen molar-refractivity contribution < 1.29 is 19.4 Å². The van der Waals surface area contributed by atoms with E-state index in [1.165, 1.54) is 29.9 Å². The Bertz CT molecular complexity index is 1080. The molecule has 194 valence electrons. The largest absolute Gasteiger partial charge is 0.494 e. The second-order valence-electron chi connectivity index (χ2n) is 8.89. The highest BCUT2D eigenvalue weighted by atomic mass is 32.2. The summed E-state index contributed by atoms with van der Waals surface area (Å²) in [4.78, 5) is 36.8. The van der Waals surface area contributed by atoms with Gasteiger partial charge >= 0.3 is 17.2 Å². The Balaban J connectivity index is 1.81. The van der Waals surface area contributed by atoms with Crippen molar-refractivity contribution in [2.75, 3.05) is 13.2 Å². The van der Waals surface area contributed by atoms with Gasteiger partial charge in [0, 0.05) is 18.5 Å². The van der Waals surface area contributed by atoms with Gasteiger partial charge in [0.15, 0.2) is 0 Å². The van der Waals surface area contributed by atoms with Crippen molar-refractivity contribution >= 4 is 17.7 Å². The van der Waals surface area contributed by atoms with Gasteiger partial charge in [-0.3, -0.25) is 14.2 Å². The number of carboxylic acids is 1. The number of aryl methyl sites for hydroxylation is 1. The Morgan fingerprint density at radius 3 is 2.43 bits per heavy atom. The number of benzene rings is 1. The van der Waals surface area contributed by atoms with Gasteiger partial charge in [0.2, 0.25) is 0 Å². The molecule has 35 heavy (non-hydrogen) atoms. The third kappa shape index (κ3) is 9.08. The number of aliphatic carboxylic acids is 1. The number of nitrogens with zero attached hydrogens (tertiary/aromatic N) is 3. The van der Waals surface area contributed by atoms with Crippen molar-refractivity contribution in [2.24, 2.45) is 7.05 Å². The van der Waals surface area contributed by atoms with E-state index in [1.54, 1.807) is 13.8 Å². The number of hydrogen-bond donors (Lipinski definition) is 1. The van der Waals surface area contributed by atoms with Crippen LogP contribution in [-0.4, -0.2) is 43.4 Å². The predicted molar refractivity (Wildman–Crippen MR) is 137 cm³/mol. The zero-order valence-corrected chi connectivity index (χ0v) is 21.9. The summed E-state index contributed by atoms with van der Waals surface area (Å²) in [5.74, 6) is -0.272. The molecule has 0 aliphatic carbocycles. The topological polar surface area (TPSA) is 113 Å². The summed E-state index contributed by atoms with van der Waals surface area (Å²) < 4.78 is 12.8. The van der Waals surface area contributed by atoms with Gasteiger partial charge in [-0.05, 0) is 51.3 Å². The molecule has 0 amide bonds. The first-order chi connectivity index (χ1) is 16.7. The van der Waals surface area contributed by atoms with Crippen LogP contribution in [0.4, 0.5) is 0 Å². The number of ether oxygens (including phenoxy) is 2. The Labute approximate surface area is 210 Å². The molecule has 1 N–H and O–H groups in total. The van der Waals surface area contributed by atoms with E-state index < -0.39 is 22.0 Å². The Hall–Kier alpha value is -2.75. The molecule has 0 radical (unpaired) electrons. The molecule has 0 bridgehead atoms. The van der Waals surface area contributed by atoms with E-state index in [-0.39, 0.29) is 12.5 Å². The number of unbranched alkanes of at least 4 members (excludes halogenated alkanes) is 5. The van der Waals surface area contributed by atoms with Gasteiger partial charge in [0.05, 0.1) is 13.2 Å². The SMILES string of the molecule is CCCCCCCn1nc(OCCCCOc2cccc(SC(C)(C)C(=O)O)c2)c(=O)n(C)c1=O. The van der Waals surface area contributed by atoms with Crippen molar-refractivity contribution in [1.82, 2.24) is 14.3 Å². The number of carbonyl (C=O) groups is 1. The molecule has 1 aromatic carbocycles. The lowest BCUT2D eigenvalue weighted by Crippen LogP contribution is -2.40. The summed E-state index contributed by atoms with van der Waals surface area (Å²) in [6.07, 6.45) is 6.61. The lowest BCUT2D eigenvalue weighted by Gasteiger charge is -2.18. The molecule has 0 aliphatic heterocycles. The lowest BCUT2D eigenvalue weighted by atomic mass is 10.1. The maximum absolute atomic E-state index is 12.3. The van der Waals surface area contributed by atoms with E-state index in [4.69, 9.17) is 9.47 Å². The van der Waals surface area contributed by atoms with E-state index in [9.17, 15) is 19.5 Å². The number of aromatic nitrogens is 3. The molecule has 10 heteroatoms. The van der Waals surface area contributed by atoms with Crippen molar-refractivity contribution in [3.63, 3.8) is 0 Å². The number of rotatable bonds is 16. The summed E-state index contributed by atoms with van der Waals surface area (Å²) >= 11 is 1.26. The van der Waals surface area contributed by atoms with Crippen LogP contribution in [0.25, 0.3) is 0 Å². The molecule has 0 saturated carbocycles. The van der Waals surface area contributed by atoms with Crippen LogP contribution >= 0.6 is 11.8 Å². The molecular formula is C25H37N3O6S. The quantitative estimate of drug-likeness (QED) is 0.267. The average Bonchev–Trinajstić information content (AvgIpc) is 2.81. The van der Waals surface area contributed by atoms with Crippen LogP contribution < -0.4 is 20.7 Å². The number of hydrogen-bond acceptors (Lipinski definition) is 7. The van der Waals surface area contributed by atoms with Gasteiger partial charge in [-0.25, -0.2) is 9.48 Å². The predicted octanol–water partition coefficient (Wildman–Crippen LogP) is 4.11. The molecule has 2 aromatic rings. The van der Waals surface area contributed by atoms with Crippen molar-refractivity contribution in [3.05, 3.63) is 45.1 Å². The monoisotopic (exact) mass is 507 g/mol. The molecule has 1 heterocycles. The fourth-order valence-corrected chi connectivity index (χ4v) is 4.23. The number of carboxylic acid groups (broad SMARTS) is 1. The second kappa shape index (κ2) is 14.0. The molecule has 0 fully saturated rings. The average molecular weight is 508 g/mol. The fraction of sp³-hybridized carbons (Fsp3) is 0.600. The Kier molecular flexibility index (Phi) is 11.4. The first-order valence-corrected chi connectivity index (χ1v) is 12.9. The fourth-order valence-electron chi connectivity index (χ4n) is 3.23. The van der Waals surface area contributed by atoms with Crippen molar-refractivity contribution in [2.45, 2.75) is 81.9 Å². The summed E-state index contributed by atoms with van der Waals surface area (Å²) in [5.41, 5.74) is -0.967. The first-order valence-electron chi connectivity index (χ1n) is 12.1. The molecule has 0 atom stereocenters. The summed E-state index contributed by atoms with van der Waals surface area (Å²) in [7, 11) is 1.44. The van der Waals surface area contributed by atoms with E-state index in [2.05, 4.69) is 12.0 Å². The van der Waals surface area contributed by atoms with Gasteiger partial charge < -0.3 is 14.6 Å². The normalized spacial score (nSPS) is 11.4. The van der Waals surface area contributed by atoms with Gasteiger partial charge in [-0.2, -0.15) is 0 Å². The zero-order chi connectivity index (χ0) is 25.8. The van der Waals surface area contributed by atoms with Crippen LogP contribution in [0.15, 0.2) is 38.8 Å². The molecule has 9 nitrogen and oxygen atoms in total. The van der Waals surface area contributed by atoms with E-state index >= 15 is 0 Å².